The second kappa shape index (κ2) is 7.76. The van der Waals surface area contributed by atoms with Crippen LogP contribution in [-0.2, 0) is 4.79 Å². The number of rotatable bonds is 3. The smallest absolute Gasteiger partial charge is 0.251 e. The zero-order chi connectivity index (χ0) is 15.1. The Kier molecular flexibility index (Phi) is 5.72. The zero-order valence-electron chi connectivity index (χ0n) is 12.1. The van der Waals surface area contributed by atoms with Crippen molar-refractivity contribution >= 4 is 11.8 Å². The third-order valence-electron chi connectivity index (χ3n) is 3.72. The van der Waals surface area contributed by atoms with Crippen LogP contribution in [0.4, 0.5) is 4.39 Å². The van der Waals surface area contributed by atoms with Crippen LogP contribution in [0.5, 0.6) is 0 Å². The third kappa shape index (κ3) is 4.85. The summed E-state index contributed by atoms with van der Waals surface area (Å²) >= 11 is 0. The first kappa shape index (κ1) is 15.5. The molecule has 0 unspecified atom stereocenters. The summed E-state index contributed by atoms with van der Waals surface area (Å²) in [4.78, 5) is 25.8. The number of likely N-dealkylation sites (tertiary alicyclic amines) is 1. The topological polar surface area (TPSA) is 49.4 Å². The molecule has 1 heterocycles. The Balaban J connectivity index is 1.82. The number of benzene rings is 1. The lowest BCUT2D eigenvalue weighted by atomic mass is 10.1. The molecule has 0 saturated carbocycles. The van der Waals surface area contributed by atoms with Crippen molar-refractivity contribution in [1.82, 2.24) is 10.2 Å². The highest BCUT2D eigenvalue weighted by atomic mass is 19.1. The molecule has 1 fully saturated rings. The molecule has 2 amide bonds. The van der Waals surface area contributed by atoms with Crippen LogP contribution in [0.1, 0.15) is 42.5 Å². The minimum absolute atomic E-state index is 0.00376. The molecule has 0 spiro atoms. The highest BCUT2D eigenvalue weighted by molar-refractivity contribution is 5.96. The van der Waals surface area contributed by atoms with Crippen LogP contribution in [0, 0.1) is 5.82 Å². The Morgan fingerprint density at radius 2 is 1.57 bits per heavy atom. The molecule has 0 atom stereocenters. The van der Waals surface area contributed by atoms with Crippen LogP contribution < -0.4 is 5.32 Å². The second-order valence-corrected chi connectivity index (χ2v) is 5.34. The maximum Gasteiger partial charge on any atom is 0.251 e. The van der Waals surface area contributed by atoms with Crippen molar-refractivity contribution in [1.29, 1.82) is 0 Å². The average Bonchev–Trinajstić information content (AvgIpc) is 2.45. The van der Waals surface area contributed by atoms with Crippen molar-refractivity contribution in [2.45, 2.75) is 32.1 Å². The van der Waals surface area contributed by atoms with Crippen LogP contribution >= 0.6 is 0 Å². The summed E-state index contributed by atoms with van der Waals surface area (Å²) in [5.41, 5.74) is 0.358. The second-order valence-electron chi connectivity index (χ2n) is 5.34. The molecule has 21 heavy (non-hydrogen) atoms. The number of carbonyl (C=O) groups is 2. The Bertz CT molecular complexity index is 480. The van der Waals surface area contributed by atoms with E-state index in [-0.39, 0.29) is 24.2 Å². The van der Waals surface area contributed by atoms with Crippen LogP contribution in [0.15, 0.2) is 24.3 Å². The Morgan fingerprint density at radius 3 is 2.19 bits per heavy atom. The van der Waals surface area contributed by atoms with Crippen molar-refractivity contribution in [3.63, 3.8) is 0 Å². The number of nitrogens with one attached hydrogen (secondary N) is 1. The fourth-order valence-electron chi connectivity index (χ4n) is 2.47. The van der Waals surface area contributed by atoms with Crippen molar-refractivity contribution in [2.24, 2.45) is 0 Å². The number of hydrogen-bond acceptors (Lipinski definition) is 2. The molecule has 1 aliphatic rings. The van der Waals surface area contributed by atoms with E-state index in [0.717, 1.165) is 38.8 Å². The molecule has 1 aromatic rings. The molecule has 1 aromatic carbocycles. The Labute approximate surface area is 124 Å². The fraction of sp³-hybridized carbons (Fsp3) is 0.500. The number of hydrogen-bond donors (Lipinski definition) is 1. The molecule has 4 nitrogen and oxygen atoms in total. The quantitative estimate of drug-likeness (QED) is 0.929. The predicted molar refractivity (Wildman–Crippen MR) is 78.4 cm³/mol. The molecule has 1 N–H and O–H groups in total. The predicted octanol–water partition coefficient (Wildman–Crippen LogP) is 2.35. The van der Waals surface area contributed by atoms with Crippen LogP contribution in [0.2, 0.25) is 0 Å². The zero-order valence-corrected chi connectivity index (χ0v) is 12.1. The van der Waals surface area contributed by atoms with Crippen molar-refractivity contribution in [2.75, 3.05) is 19.6 Å². The van der Waals surface area contributed by atoms with E-state index in [2.05, 4.69) is 5.32 Å². The van der Waals surface area contributed by atoms with Gasteiger partial charge in [-0.05, 0) is 37.1 Å². The summed E-state index contributed by atoms with van der Waals surface area (Å²) < 4.78 is 12.8. The lowest BCUT2D eigenvalue weighted by Crippen LogP contribution is -2.41. The van der Waals surface area contributed by atoms with Gasteiger partial charge in [0.1, 0.15) is 5.82 Å². The van der Waals surface area contributed by atoms with E-state index in [0.29, 0.717) is 5.56 Å². The molecule has 0 bridgehead atoms. The molecule has 1 saturated heterocycles. The third-order valence-corrected chi connectivity index (χ3v) is 3.72. The molecule has 0 aromatic heterocycles. The van der Waals surface area contributed by atoms with E-state index in [1.807, 2.05) is 4.90 Å². The number of carbonyl (C=O) groups excluding carboxylic acids is 2. The molecule has 0 aliphatic carbocycles. The molecular formula is C16H21FN2O2. The minimum Gasteiger partial charge on any atom is -0.343 e. The van der Waals surface area contributed by atoms with E-state index < -0.39 is 0 Å². The van der Waals surface area contributed by atoms with Crippen molar-refractivity contribution in [3.8, 4) is 0 Å². The van der Waals surface area contributed by atoms with Gasteiger partial charge in [-0.15, -0.1) is 0 Å². The Hall–Kier alpha value is -1.91. The fourth-order valence-corrected chi connectivity index (χ4v) is 2.47. The van der Waals surface area contributed by atoms with Crippen LogP contribution in [0.3, 0.4) is 0 Å². The summed E-state index contributed by atoms with van der Waals surface area (Å²) in [6, 6.07) is 5.28. The van der Waals surface area contributed by atoms with Crippen molar-refractivity contribution in [3.05, 3.63) is 35.6 Å². The van der Waals surface area contributed by atoms with Gasteiger partial charge in [0.25, 0.3) is 5.91 Å². The van der Waals surface area contributed by atoms with Gasteiger partial charge in [-0.2, -0.15) is 0 Å². The standard InChI is InChI=1S/C16H21FN2O2/c17-14-8-6-13(7-9-14)16(21)18-12-15(20)19-10-4-2-1-3-5-11-19/h6-9H,1-5,10-12H2,(H,18,21). The van der Waals surface area contributed by atoms with Gasteiger partial charge in [-0.3, -0.25) is 9.59 Å². The van der Waals surface area contributed by atoms with Crippen LogP contribution in [0.25, 0.3) is 0 Å². The van der Waals surface area contributed by atoms with E-state index in [9.17, 15) is 14.0 Å². The lowest BCUT2D eigenvalue weighted by molar-refractivity contribution is -0.130. The highest BCUT2D eigenvalue weighted by Gasteiger charge is 2.15. The van der Waals surface area contributed by atoms with Gasteiger partial charge in [-0.25, -0.2) is 4.39 Å². The highest BCUT2D eigenvalue weighted by Crippen LogP contribution is 2.10. The van der Waals surface area contributed by atoms with Gasteiger partial charge in [0.15, 0.2) is 0 Å². The van der Waals surface area contributed by atoms with Crippen molar-refractivity contribution < 1.29 is 14.0 Å². The first-order valence-electron chi connectivity index (χ1n) is 7.48. The summed E-state index contributed by atoms with van der Waals surface area (Å²) in [5.74, 6) is -0.786. The van der Waals surface area contributed by atoms with E-state index >= 15 is 0 Å². The van der Waals surface area contributed by atoms with Gasteiger partial charge >= 0.3 is 0 Å². The summed E-state index contributed by atoms with van der Waals surface area (Å²) in [6.45, 7) is 1.53. The summed E-state index contributed by atoms with van der Waals surface area (Å²) in [5, 5.41) is 2.60. The van der Waals surface area contributed by atoms with Crippen LogP contribution in [-0.4, -0.2) is 36.3 Å². The van der Waals surface area contributed by atoms with Gasteiger partial charge < -0.3 is 10.2 Å². The molecule has 2 rings (SSSR count). The molecule has 5 heteroatoms. The van der Waals surface area contributed by atoms with E-state index in [4.69, 9.17) is 0 Å². The average molecular weight is 292 g/mol. The first-order valence-corrected chi connectivity index (χ1v) is 7.48. The van der Waals surface area contributed by atoms with Gasteiger partial charge in [0, 0.05) is 18.7 Å². The van der Waals surface area contributed by atoms with E-state index in [1.165, 1.54) is 30.7 Å². The SMILES string of the molecule is O=C(NCC(=O)N1CCCCCCC1)c1ccc(F)cc1. The number of nitrogens with zero attached hydrogens (tertiary/aromatic N) is 1. The summed E-state index contributed by atoms with van der Waals surface area (Å²) in [7, 11) is 0. The summed E-state index contributed by atoms with van der Waals surface area (Å²) in [6.07, 6.45) is 5.61. The number of amides is 2. The van der Waals surface area contributed by atoms with E-state index in [1.54, 1.807) is 0 Å². The molecule has 1 aliphatic heterocycles. The maximum absolute atomic E-state index is 12.8. The van der Waals surface area contributed by atoms with Gasteiger partial charge in [0.05, 0.1) is 6.54 Å². The van der Waals surface area contributed by atoms with Gasteiger partial charge in [0.2, 0.25) is 5.91 Å². The monoisotopic (exact) mass is 292 g/mol. The molecule has 0 radical (unpaired) electrons. The number of halogens is 1. The maximum atomic E-state index is 12.8. The van der Waals surface area contributed by atoms with Gasteiger partial charge in [-0.1, -0.05) is 19.3 Å². The normalized spacial score (nSPS) is 16.0. The molecule has 114 valence electrons. The Morgan fingerprint density at radius 1 is 1.00 bits per heavy atom. The molecular weight excluding hydrogens is 271 g/mol. The largest absolute Gasteiger partial charge is 0.343 e. The lowest BCUT2D eigenvalue weighted by Gasteiger charge is -2.24. The minimum atomic E-state index is -0.386. The first-order chi connectivity index (χ1) is 10.2.